The molecule has 11 nitrogen and oxygen atoms in total. The first kappa shape index (κ1) is 23.2. The molecule has 2 aliphatic rings. The van der Waals surface area contributed by atoms with E-state index in [1.807, 2.05) is 36.4 Å². The average Bonchev–Trinajstić information content (AvgIpc) is 3.54. The fraction of sp³-hybridized carbons (Fsp3) is 0.391. The Bertz CT molecular complexity index is 1220. The van der Waals surface area contributed by atoms with Gasteiger partial charge in [0.25, 0.3) is 11.7 Å². The second kappa shape index (κ2) is 10.0. The third kappa shape index (κ3) is 4.98. The predicted octanol–water partition coefficient (Wildman–Crippen LogP) is 1.21. The number of carbonyl (C=O) groups is 2. The van der Waals surface area contributed by atoms with Gasteiger partial charge in [-0.3, -0.25) is 9.59 Å². The third-order valence-corrected chi connectivity index (χ3v) is 7.28. The van der Waals surface area contributed by atoms with Crippen molar-refractivity contribution in [3.63, 3.8) is 0 Å². The zero-order valence-corrected chi connectivity index (χ0v) is 20.3. The van der Waals surface area contributed by atoms with E-state index in [-0.39, 0.29) is 17.8 Å². The van der Waals surface area contributed by atoms with Crippen molar-refractivity contribution < 1.29 is 14.3 Å². The Morgan fingerprint density at radius 1 is 1.29 bits per heavy atom. The zero-order chi connectivity index (χ0) is 24.4. The van der Waals surface area contributed by atoms with E-state index in [0.29, 0.717) is 12.3 Å². The van der Waals surface area contributed by atoms with Crippen molar-refractivity contribution in [3.05, 3.63) is 54.0 Å². The first-order chi connectivity index (χ1) is 17.0. The van der Waals surface area contributed by atoms with E-state index in [2.05, 4.69) is 30.6 Å². The number of pyridine rings is 1. The van der Waals surface area contributed by atoms with Crippen molar-refractivity contribution >= 4 is 35.1 Å². The Hall–Kier alpha value is -3.51. The highest BCUT2D eigenvalue weighted by Crippen LogP contribution is 2.36. The highest BCUT2D eigenvalue weighted by atomic mass is 32.2. The number of ether oxygens (including phenoxy) is 1. The smallest absolute Gasteiger partial charge is 0.293 e. The summed E-state index contributed by atoms with van der Waals surface area (Å²) in [4.78, 5) is 36.6. The van der Waals surface area contributed by atoms with E-state index >= 15 is 0 Å². The summed E-state index contributed by atoms with van der Waals surface area (Å²) in [6.45, 7) is 2.02. The van der Waals surface area contributed by atoms with Gasteiger partial charge in [0.2, 0.25) is 5.91 Å². The summed E-state index contributed by atoms with van der Waals surface area (Å²) >= 11 is 1.48. The van der Waals surface area contributed by atoms with Crippen molar-refractivity contribution in [2.75, 3.05) is 42.8 Å². The molecular weight excluding hydrogens is 468 g/mol. The molecule has 1 N–H and O–H groups in total. The van der Waals surface area contributed by atoms with Crippen LogP contribution in [0.3, 0.4) is 0 Å². The number of fused-ring (bicyclic) bond motifs is 1. The molecule has 1 fully saturated rings. The minimum absolute atomic E-state index is 0.0752. The molecular formula is C23H26N8O3S. The normalized spacial score (nSPS) is 20.0. The molecule has 5 rings (SSSR count). The Kier molecular flexibility index (Phi) is 6.64. The minimum Gasteiger partial charge on any atom is -0.380 e. The number of nitrogens with one attached hydrogen (secondary N) is 1. The molecule has 1 saturated heterocycles. The number of likely N-dealkylation sites (N-methyl/N-ethyl adjacent to an activating group) is 1. The van der Waals surface area contributed by atoms with Crippen LogP contribution < -0.4 is 15.1 Å². The van der Waals surface area contributed by atoms with Gasteiger partial charge in [-0.05, 0) is 17.2 Å². The molecule has 0 radical (unpaired) electrons. The van der Waals surface area contributed by atoms with Crippen LogP contribution in [0, 0.1) is 0 Å². The largest absolute Gasteiger partial charge is 0.380 e. The Morgan fingerprint density at radius 2 is 2.11 bits per heavy atom. The molecule has 0 bridgehead atoms. The monoisotopic (exact) mass is 494 g/mol. The van der Waals surface area contributed by atoms with E-state index in [9.17, 15) is 9.59 Å². The first-order valence-electron chi connectivity index (χ1n) is 11.3. The lowest BCUT2D eigenvalue weighted by Crippen LogP contribution is -2.48. The summed E-state index contributed by atoms with van der Waals surface area (Å²) in [7, 11) is 3.43. The summed E-state index contributed by atoms with van der Waals surface area (Å²) in [5.41, 5.74) is 1.76. The minimum atomic E-state index is -0.737. The van der Waals surface area contributed by atoms with E-state index in [0.717, 1.165) is 41.5 Å². The summed E-state index contributed by atoms with van der Waals surface area (Å²) in [5.74, 6) is 0.356. The van der Waals surface area contributed by atoms with E-state index < -0.39 is 11.9 Å². The van der Waals surface area contributed by atoms with Crippen LogP contribution in [-0.4, -0.2) is 82.2 Å². The van der Waals surface area contributed by atoms with Gasteiger partial charge in [0.1, 0.15) is 11.9 Å². The maximum absolute atomic E-state index is 13.2. The fourth-order valence-corrected chi connectivity index (χ4v) is 5.21. The highest BCUT2D eigenvalue weighted by Gasteiger charge is 2.32. The van der Waals surface area contributed by atoms with Gasteiger partial charge in [-0.2, -0.15) is 4.80 Å². The number of rotatable bonds is 6. The van der Waals surface area contributed by atoms with Gasteiger partial charge in [-0.25, -0.2) is 4.98 Å². The van der Waals surface area contributed by atoms with Crippen LogP contribution in [0.2, 0.25) is 0 Å². The number of carbonyl (C=O) groups excluding carboxylic acids is 2. The topological polar surface area (TPSA) is 118 Å². The molecule has 2 aromatic heterocycles. The lowest BCUT2D eigenvalue weighted by Gasteiger charge is -2.23. The van der Waals surface area contributed by atoms with E-state index in [1.54, 1.807) is 25.3 Å². The van der Waals surface area contributed by atoms with Crippen molar-refractivity contribution in [2.45, 2.75) is 30.0 Å². The zero-order valence-electron chi connectivity index (χ0n) is 19.5. The molecule has 0 aliphatic carbocycles. The molecule has 4 heterocycles. The van der Waals surface area contributed by atoms with Crippen molar-refractivity contribution in [1.29, 1.82) is 0 Å². The second-order valence-electron chi connectivity index (χ2n) is 8.47. The molecule has 12 heteroatoms. The molecule has 2 atom stereocenters. The third-order valence-electron chi connectivity index (χ3n) is 6.16. The van der Waals surface area contributed by atoms with Gasteiger partial charge in [0.15, 0.2) is 0 Å². The summed E-state index contributed by atoms with van der Waals surface area (Å²) < 4.78 is 5.46. The average molecular weight is 495 g/mol. The quantitative estimate of drug-likeness (QED) is 0.539. The van der Waals surface area contributed by atoms with Crippen molar-refractivity contribution in [3.8, 4) is 0 Å². The van der Waals surface area contributed by atoms with E-state index in [1.165, 1.54) is 16.6 Å². The maximum atomic E-state index is 13.2. The molecule has 182 valence electrons. The van der Waals surface area contributed by atoms with Crippen LogP contribution in [0.1, 0.15) is 22.6 Å². The second-order valence-corrected chi connectivity index (χ2v) is 9.53. The number of hydrogen-bond acceptors (Lipinski definition) is 9. The molecule has 1 aromatic carbocycles. The lowest BCUT2D eigenvalue weighted by atomic mass is 10.2. The lowest BCUT2D eigenvalue weighted by molar-refractivity contribution is -0.119. The first-order valence-corrected chi connectivity index (χ1v) is 12.3. The maximum Gasteiger partial charge on any atom is 0.293 e. The predicted molar refractivity (Wildman–Crippen MR) is 131 cm³/mol. The molecule has 0 unspecified atom stereocenters. The van der Waals surface area contributed by atoms with Gasteiger partial charge in [0, 0.05) is 50.2 Å². The molecule has 2 amide bonds. The number of hydrogen-bond donors (Lipinski definition) is 1. The van der Waals surface area contributed by atoms with Crippen LogP contribution in [0.5, 0.6) is 0 Å². The Morgan fingerprint density at radius 3 is 2.89 bits per heavy atom. The van der Waals surface area contributed by atoms with Gasteiger partial charge < -0.3 is 19.9 Å². The standard InChI is InChI=1S/C23H26N8O3S/c1-29-18-10-20(30-9-8-16(13-30)34-2)24-11-19(18)35-14-17(23(29)33)25-22(32)21-26-28-31(27-21)12-15-6-4-3-5-7-15/h3-7,10-11,16-17H,8-9,12-14H2,1-2H3,(H,25,32)/t16-,17-/m0/s1. The molecule has 0 saturated carbocycles. The van der Waals surface area contributed by atoms with Crippen LogP contribution in [0.25, 0.3) is 0 Å². The van der Waals surface area contributed by atoms with Gasteiger partial charge in [0.05, 0.1) is 18.3 Å². The molecule has 3 aromatic rings. The number of tetrazole rings is 1. The van der Waals surface area contributed by atoms with Crippen molar-refractivity contribution in [2.24, 2.45) is 0 Å². The Balaban J connectivity index is 1.26. The van der Waals surface area contributed by atoms with E-state index in [4.69, 9.17) is 4.74 Å². The summed E-state index contributed by atoms with van der Waals surface area (Å²) in [6.07, 6.45) is 2.92. The number of anilines is 2. The number of benzene rings is 1. The summed E-state index contributed by atoms with van der Waals surface area (Å²) in [6, 6.07) is 10.8. The van der Waals surface area contributed by atoms with Crippen LogP contribution >= 0.6 is 11.8 Å². The van der Waals surface area contributed by atoms with Gasteiger partial charge >= 0.3 is 0 Å². The van der Waals surface area contributed by atoms with Gasteiger partial charge in [-0.15, -0.1) is 22.0 Å². The number of amides is 2. The van der Waals surface area contributed by atoms with Gasteiger partial charge in [-0.1, -0.05) is 30.3 Å². The number of aromatic nitrogens is 5. The Labute approximate surface area is 206 Å². The fourth-order valence-electron chi connectivity index (χ4n) is 4.17. The highest BCUT2D eigenvalue weighted by molar-refractivity contribution is 7.99. The number of methoxy groups -OCH3 is 1. The molecule has 2 aliphatic heterocycles. The van der Waals surface area contributed by atoms with Crippen LogP contribution in [0.4, 0.5) is 11.5 Å². The SMILES string of the molecule is CO[C@H]1CCN(c2cc3c(cn2)SC[C@H](NC(=O)c2nnn(Cc4ccccc4)n2)C(=O)N3C)C1. The molecule has 0 spiro atoms. The van der Waals surface area contributed by atoms with Crippen molar-refractivity contribution in [1.82, 2.24) is 30.5 Å². The summed E-state index contributed by atoms with van der Waals surface area (Å²) in [5, 5.41) is 14.8. The molecule has 35 heavy (non-hydrogen) atoms. The van der Waals surface area contributed by atoms with Crippen LogP contribution in [-0.2, 0) is 16.1 Å². The number of thioether (sulfide) groups is 1. The van der Waals surface area contributed by atoms with Crippen LogP contribution in [0.15, 0.2) is 47.5 Å². The number of nitrogens with zero attached hydrogens (tertiary/aromatic N) is 7.